The van der Waals surface area contributed by atoms with Gasteiger partial charge in [-0.2, -0.15) is 0 Å². The molecule has 1 atom stereocenters. The zero-order valence-corrected chi connectivity index (χ0v) is 10.9. The van der Waals surface area contributed by atoms with E-state index in [4.69, 9.17) is 0 Å². The second kappa shape index (κ2) is 6.20. The van der Waals surface area contributed by atoms with Gasteiger partial charge in [0.05, 0.1) is 5.69 Å². The fraction of sp³-hybridized carbons (Fsp3) is 0.727. The van der Waals surface area contributed by atoms with Crippen LogP contribution in [0.15, 0.2) is 5.38 Å². The van der Waals surface area contributed by atoms with E-state index in [9.17, 15) is 0 Å². The topological polar surface area (TPSA) is 28.2 Å². The average Bonchev–Trinajstić information content (AvgIpc) is 2.61. The Labute approximate surface area is 96.5 Å². The van der Waals surface area contributed by atoms with Crippen LogP contribution in [0.5, 0.6) is 0 Å². The third-order valence-electron chi connectivity index (χ3n) is 2.29. The van der Waals surface area contributed by atoms with Gasteiger partial charge < -0.3 is 10.2 Å². The first kappa shape index (κ1) is 12.6. The molecule has 1 aromatic heterocycles. The maximum atomic E-state index is 4.57. The Hall–Kier alpha value is -0.450. The lowest BCUT2D eigenvalue weighted by atomic mass is 10.2. The molecule has 0 bridgehead atoms. The molecule has 4 heteroatoms. The molecule has 0 radical (unpaired) electrons. The van der Waals surface area contributed by atoms with E-state index in [0.29, 0.717) is 6.04 Å². The van der Waals surface area contributed by atoms with Crippen LogP contribution in [0.25, 0.3) is 0 Å². The minimum atomic E-state index is 0.573. The van der Waals surface area contributed by atoms with Gasteiger partial charge in [-0.25, -0.2) is 4.98 Å². The summed E-state index contributed by atoms with van der Waals surface area (Å²) in [7, 11) is 4.14. The van der Waals surface area contributed by atoms with Gasteiger partial charge in [0.1, 0.15) is 5.01 Å². The highest BCUT2D eigenvalue weighted by Crippen LogP contribution is 2.11. The third kappa shape index (κ3) is 4.73. The summed E-state index contributed by atoms with van der Waals surface area (Å²) in [6.07, 6.45) is 1.16. The lowest BCUT2D eigenvalue weighted by molar-refractivity contribution is 0.401. The van der Waals surface area contributed by atoms with Crippen molar-refractivity contribution < 1.29 is 0 Å². The van der Waals surface area contributed by atoms with Crippen molar-refractivity contribution in [2.24, 2.45) is 0 Å². The summed E-state index contributed by atoms with van der Waals surface area (Å²) in [5.74, 6) is 0. The van der Waals surface area contributed by atoms with E-state index in [1.807, 2.05) is 0 Å². The lowest BCUT2D eigenvalue weighted by Crippen LogP contribution is -2.24. The van der Waals surface area contributed by atoms with Crippen LogP contribution in [-0.4, -0.2) is 30.0 Å². The molecular formula is C11H21N3S. The number of nitrogens with one attached hydrogen (secondary N) is 1. The third-order valence-corrected chi connectivity index (χ3v) is 3.18. The highest BCUT2D eigenvalue weighted by atomic mass is 32.1. The van der Waals surface area contributed by atoms with Gasteiger partial charge in [0.2, 0.25) is 0 Å². The molecule has 1 unspecified atom stereocenters. The molecule has 0 saturated carbocycles. The zero-order valence-electron chi connectivity index (χ0n) is 10.1. The number of hydrogen-bond donors (Lipinski definition) is 1. The molecule has 15 heavy (non-hydrogen) atoms. The fourth-order valence-electron chi connectivity index (χ4n) is 1.20. The summed E-state index contributed by atoms with van der Waals surface area (Å²) in [6.45, 7) is 6.22. The van der Waals surface area contributed by atoms with Crippen LogP contribution in [0.1, 0.15) is 31.0 Å². The van der Waals surface area contributed by atoms with Gasteiger partial charge in [0.25, 0.3) is 0 Å². The normalized spacial score (nSPS) is 13.4. The van der Waals surface area contributed by atoms with Crippen molar-refractivity contribution in [3.63, 3.8) is 0 Å². The Kier molecular flexibility index (Phi) is 5.22. The van der Waals surface area contributed by atoms with Gasteiger partial charge in [-0.05, 0) is 27.4 Å². The lowest BCUT2D eigenvalue weighted by Gasteiger charge is -2.09. The van der Waals surface area contributed by atoms with Crippen molar-refractivity contribution in [2.75, 3.05) is 14.1 Å². The van der Waals surface area contributed by atoms with Crippen LogP contribution in [0, 0.1) is 0 Å². The Morgan fingerprint density at radius 2 is 2.27 bits per heavy atom. The van der Waals surface area contributed by atoms with Gasteiger partial charge in [-0.1, -0.05) is 6.92 Å². The first-order valence-corrected chi connectivity index (χ1v) is 6.31. The van der Waals surface area contributed by atoms with E-state index in [-0.39, 0.29) is 0 Å². The van der Waals surface area contributed by atoms with Crippen LogP contribution in [0.4, 0.5) is 0 Å². The molecule has 3 nitrogen and oxygen atoms in total. The first-order valence-electron chi connectivity index (χ1n) is 5.43. The summed E-state index contributed by atoms with van der Waals surface area (Å²) in [4.78, 5) is 6.71. The van der Waals surface area contributed by atoms with E-state index in [1.165, 1.54) is 5.01 Å². The quantitative estimate of drug-likeness (QED) is 0.806. The van der Waals surface area contributed by atoms with Crippen molar-refractivity contribution in [1.29, 1.82) is 0 Å². The molecule has 0 fully saturated rings. The van der Waals surface area contributed by atoms with Crippen LogP contribution >= 0.6 is 11.3 Å². The number of thiazole rings is 1. The monoisotopic (exact) mass is 227 g/mol. The summed E-state index contributed by atoms with van der Waals surface area (Å²) in [5.41, 5.74) is 1.16. The van der Waals surface area contributed by atoms with Crippen molar-refractivity contribution in [2.45, 2.75) is 39.4 Å². The molecule has 0 spiro atoms. The van der Waals surface area contributed by atoms with Gasteiger partial charge in [0, 0.05) is 24.5 Å². The first-order chi connectivity index (χ1) is 7.11. The molecule has 0 aliphatic rings. The predicted octanol–water partition coefficient (Wildman–Crippen LogP) is 2.09. The maximum absolute atomic E-state index is 4.57. The number of aromatic nitrogens is 1. The SMILES string of the molecule is CCC(C)NCc1csc(CN(C)C)n1. The van der Waals surface area contributed by atoms with E-state index < -0.39 is 0 Å². The summed E-state index contributed by atoms with van der Waals surface area (Å²) in [6, 6.07) is 0.573. The largest absolute Gasteiger partial charge is 0.309 e. The average molecular weight is 227 g/mol. The predicted molar refractivity (Wildman–Crippen MR) is 66.1 cm³/mol. The van der Waals surface area contributed by atoms with Gasteiger partial charge in [-0.3, -0.25) is 0 Å². The molecule has 1 aromatic rings. The molecule has 86 valence electrons. The number of rotatable bonds is 6. The molecule has 0 aromatic carbocycles. The molecule has 1 rings (SSSR count). The standard InChI is InChI=1S/C11H21N3S/c1-5-9(2)12-6-10-8-15-11(13-10)7-14(3)4/h8-9,12H,5-7H2,1-4H3. The van der Waals surface area contributed by atoms with Crippen LogP contribution in [-0.2, 0) is 13.1 Å². The molecule has 0 aliphatic heterocycles. The van der Waals surface area contributed by atoms with Gasteiger partial charge in [0.15, 0.2) is 0 Å². The van der Waals surface area contributed by atoms with Crippen molar-refractivity contribution in [3.05, 3.63) is 16.1 Å². The highest BCUT2D eigenvalue weighted by Gasteiger charge is 2.04. The zero-order chi connectivity index (χ0) is 11.3. The van der Waals surface area contributed by atoms with E-state index in [1.54, 1.807) is 11.3 Å². The summed E-state index contributed by atoms with van der Waals surface area (Å²) < 4.78 is 0. The van der Waals surface area contributed by atoms with Gasteiger partial charge >= 0.3 is 0 Å². The molecule has 0 aliphatic carbocycles. The smallest absolute Gasteiger partial charge is 0.107 e. The fourth-order valence-corrected chi connectivity index (χ4v) is 2.11. The Bertz CT molecular complexity index is 283. The minimum Gasteiger partial charge on any atom is -0.309 e. The summed E-state index contributed by atoms with van der Waals surface area (Å²) in [5, 5.41) is 6.79. The Morgan fingerprint density at radius 1 is 1.53 bits per heavy atom. The van der Waals surface area contributed by atoms with Crippen molar-refractivity contribution in [1.82, 2.24) is 15.2 Å². The Balaban J connectivity index is 2.39. The van der Waals surface area contributed by atoms with E-state index >= 15 is 0 Å². The minimum absolute atomic E-state index is 0.573. The van der Waals surface area contributed by atoms with Crippen LogP contribution in [0.2, 0.25) is 0 Å². The highest BCUT2D eigenvalue weighted by molar-refractivity contribution is 7.09. The second-order valence-electron chi connectivity index (χ2n) is 4.16. The van der Waals surface area contributed by atoms with Crippen LogP contribution < -0.4 is 5.32 Å². The van der Waals surface area contributed by atoms with Crippen LogP contribution in [0.3, 0.4) is 0 Å². The van der Waals surface area contributed by atoms with Crippen molar-refractivity contribution in [3.8, 4) is 0 Å². The second-order valence-corrected chi connectivity index (χ2v) is 5.10. The van der Waals surface area contributed by atoms with Gasteiger partial charge in [-0.15, -0.1) is 11.3 Å². The summed E-state index contributed by atoms with van der Waals surface area (Å²) >= 11 is 1.74. The molecule has 0 saturated heterocycles. The van der Waals surface area contributed by atoms with Crippen molar-refractivity contribution >= 4 is 11.3 Å². The maximum Gasteiger partial charge on any atom is 0.107 e. The molecule has 1 heterocycles. The van der Waals surface area contributed by atoms with E-state index in [2.05, 4.69) is 48.5 Å². The molecule has 1 N–H and O–H groups in total. The number of nitrogens with zero attached hydrogens (tertiary/aromatic N) is 2. The number of hydrogen-bond acceptors (Lipinski definition) is 4. The molecular weight excluding hydrogens is 206 g/mol. The molecule has 0 amide bonds. The van der Waals surface area contributed by atoms with E-state index in [0.717, 1.165) is 25.2 Å². The Morgan fingerprint density at radius 3 is 2.87 bits per heavy atom.